The van der Waals surface area contributed by atoms with Crippen LogP contribution in [0.15, 0.2) is 48.5 Å². The molecule has 5 heteroatoms. The van der Waals surface area contributed by atoms with Gasteiger partial charge in [-0.15, -0.1) is 0 Å². The largest absolute Gasteiger partial charge is 0.392 e. The van der Waals surface area contributed by atoms with Crippen LogP contribution in [-0.4, -0.2) is 21.9 Å². The summed E-state index contributed by atoms with van der Waals surface area (Å²) in [5.41, 5.74) is 7.50. The summed E-state index contributed by atoms with van der Waals surface area (Å²) < 4.78 is 5.59. The van der Waals surface area contributed by atoms with Gasteiger partial charge in [-0.1, -0.05) is 36.4 Å². The highest BCUT2D eigenvalue weighted by atomic mass is 16.5. The maximum atomic E-state index is 9.33. The first-order valence-corrected chi connectivity index (χ1v) is 8.95. The minimum atomic E-state index is 0.0579. The molecule has 1 atom stereocenters. The van der Waals surface area contributed by atoms with Gasteiger partial charge in [-0.2, -0.15) is 5.10 Å². The van der Waals surface area contributed by atoms with Crippen LogP contribution in [0.25, 0.3) is 11.3 Å². The first kappa shape index (κ1) is 16.8. The molecule has 1 aliphatic heterocycles. The number of aromatic nitrogens is 2. The van der Waals surface area contributed by atoms with E-state index < -0.39 is 0 Å². The molecule has 0 radical (unpaired) electrons. The molecule has 4 rings (SSSR count). The Balaban J connectivity index is 1.57. The van der Waals surface area contributed by atoms with E-state index in [1.165, 1.54) is 5.69 Å². The van der Waals surface area contributed by atoms with Gasteiger partial charge in [-0.3, -0.25) is 5.10 Å². The van der Waals surface area contributed by atoms with Crippen LogP contribution >= 0.6 is 0 Å². The van der Waals surface area contributed by atoms with Gasteiger partial charge in [0.1, 0.15) is 0 Å². The number of hydrogen-bond donors (Lipinski definition) is 3. The number of nitrogens with zero attached hydrogens (tertiary/aromatic N) is 1. The van der Waals surface area contributed by atoms with Crippen molar-refractivity contribution in [2.24, 2.45) is 0 Å². The summed E-state index contributed by atoms with van der Waals surface area (Å²) in [6, 6.07) is 16.4. The van der Waals surface area contributed by atoms with Gasteiger partial charge < -0.3 is 15.2 Å². The minimum Gasteiger partial charge on any atom is -0.392 e. The maximum Gasteiger partial charge on any atom is 0.0979 e. The van der Waals surface area contributed by atoms with Crippen molar-refractivity contribution in [3.05, 3.63) is 70.9 Å². The van der Waals surface area contributed by atoms with Crippen LogP contribution in [0.5, 0.6) is 0 Å². The fraction of sp³-hybridized carbons (Fsp3) is 0.286. The Morgan fingerprint density at radius 3 is 3.00 bits per heavy atom. The number of benzene rings is 2. The molecule has 1 aliphatic rings. The number of nitrogens with one attached hydrogen (secondary N) is 2. The van der Waals surface area contributed by atoms with Crippen molar-refractivity contribution in [3.63, 3.8) is 0 Å². The predicted octanol–water partition coefficient (Wildman–Crippen LogP) is 3.81. The van der Waals surface area contributed by atoms with Crippen molar-refractivity contribution in [2.45, 2.75) is 32.6 Å². The summed E-state index contributed by atoms with van der Waals surface area (Å²) in [5, 5.41) is 20.5. The second-order valence-corrected chi connectivity index (χ2v) is 6.68. The molecule has 2 heterocycles. The van der Waals surface area contributed by atoms with Crippen molar-refractivity contribution >= 4 is 5.69 Å². The van der Waals surface area contributed by atoms with E-state index in [1.54, 1.807) is 0 Å². The highest BCUT2D eigenvalue weighted by Crippen LogP contribution is 2.30. The molecule has 0 spiro atoms. The van der Waals surface area contributed by atoms with E-state index in [0.717, 1.165) is 46.7 Å². The third-order valence-corrected chi connectivity index (χ3v) is 4.85. The second kappa shape index (κ2) is 7.32. The summed E-state index contributed by atoms with van der Waals surface area (Å²) in [7, 11) is 0. The molecule has 0 amide bonds. The minimum absolute atomic E-state index is 0.0579. The van der Waals surface area contributed by atoms with Crippen LogP contribution in [0.2, 0.25) is 0 Å². The number of anilines is 1. The number of ether oxygens (including phenoxy) is 1. The van der Waals surface area contributed by atoms with Gasteiger partial charge in [0.05, 0.1) is 25.5 Å². The van der Waals surface area contributed by atoms with Gasteiger partial charge in [0.15, 0.2) is 0 Å². The molecule has 2 aromatic carbocycles. The number of aliphatic hydroxyl groups is 1. The molecule has 3 N–H and O–H groups in total. The molecule has 3 aromatic rings. The van der Waals surface area contributed by atoms with Crippen LogP contribution in [0, 0.1) is 0 Å². The van der Waals surface area contributed by atoms with E-state index in [2.05, 4.69) is 46.7 Å². The van der Waals surface area contributed by atoms with E-state index in [0.29, 0.717) is 6.61 Å². The molecule has 26 heavy (non-hydrogen) atoms. The Kier molecular flexibility index (Phi) is 4.73. The average molecular weight is 349 g/mol. The van der Waals surface area contributed by atoms with E-state index in [-0.39, 0.29) is 12.6 Å². The molecule has 1 aromatic heterocycles. The summed E-state index contributed by atoms with van der Waals surface area (Å²) in [5.74, 6) is 0. The molecular weight excluding hydrogens is 326 g/mol. The first-order valence-electron chi connectivity index (χ1n) is 8.95. The molecule has 0 fully saturated rings. The molecule has 0 bridgehead atoms. The van der Waals surface area contributed by atoms with Crippen LogP contribution in [0.1, 0.15) is 35.3 Å². The van der Waals surface area contributed by atoms with Crippen molar-refractivity contribution in [1.82, 2.24) is 10.2 Å². The number of rotatable bonds is 5. The summed E-state index contributed by atoms with van der Waals surface area (Å²) in [4.78, 5) is 0. The molecule has 134 valence electrons. The average Bonchev–Trinajstić information content (AvgIpc) is 3.12. The number of hydrogen-bond acceptors (Lipinski definition) is 4. The lowest BCUT2D eigenvalue weighted by atomic mass is 10.0. The van der Waals surface area contributed by atoms with Crippen LogP contribution in [0.3, 0.4) is 0 Å². The van der Waals surface area contributed by atoms with E-state index in [9.17, 15) is 5.11 Å². The Hall–Kier alpha value is -2.63. The highest BCUT2D eigenvalue weighted by molar-refractivity contribution is 5.68. The quantitative estimate of drug-likeness (QED) is 0.655. The monoisotopic (exact) mass is 349 g/mol. The SMILES string of the molecule is CC(Nc1cccc(-c2n[nH]c3c2COCC3)c1)c1cccc(CO)c1. The van der Waals surface area contributed by atoms with Crippen molar-refractivity contribution in [3.8, 4) is 11.3 Å². The summed E-state index contributed by atoms with van der Waals surface area (Å²) in [6.45, 7) is 3.54. The fourth-order valence-electron chi connectivity index (χ4n) is 3.40. The molecule has 0 saturated carbocycles. The van der Waals surface area contributed by atoms with Gasteiger partial charge in [-0.25, -0.2) is 0 Å². The topological polar surface area (TPSA) is 70.2 Å². The third kappa shape index (κ3) is 3.36. The van der Waals surface area contributed by atoms with Gasteiger partial charge in [0.25, 0.3) is 0 Å². The smallest absolute Gasteiger partial charge is 0.0979 e. The van der Waals surface area contributed by atoms with E-state index >= 15 is 0 Å². The fourth-order valence-corrected chi connectivity index (χ4v) is 3.40. The molecule has 0 saturated heterocycles. The molecule has 5 nitrogen and oxygen atoms in total. The Morgan fingerprint density at radius 1 is 1.23 bits per heavy atom. The highest BCUT2D eigenvalue weighted by Gasteiger charge is 2.18. The lowest BCUT2D eigenvalue weighted by Crippen LogP contribution is -2.09. The van der Waals surface area contributed by atoms with Gasteiger partial charge in [0.2, 0.25) is 0 Å². The number of fused-ring (bicyclic) bond motifs is 1. The van der Waals surface area contributed by atoms with Gasteiger partial charge in [0, 0.05) is 35.0 Å². The molecule has 1 unspecified atom stereocenters. The summed E-state index contributed by atoms with van der Waals surface area (Å²) in [6.07, 6.45) is 0.887. The van der Waals surface area contributed by atoms with Gasteiger partial charge in [-0.05, 0) is 30.2 Å². The third-order valence-electron chi connectivity index (χ3n) is 4.85. The lowest BCUT2D eigenvalue weighted by Gasteiger charge is -2.17. The predicted molar refractivity (Wildman–Crippen MR) is 102 cm³/mol. The van der Waals surface area contributed by atoms with Gasteiger partial charge >= 0.3 is 0 Å². The first-order chi connectivity index (χ1) is 12.7. The Bertz CT molecular complexity index is 904. The van der Waals surface area contributed by atoms with Crippen LogP contribution in [0.4, 0.5) is 5.69 Å². The number of H-pyrrole nitrogens is 1. The molecule has 0 aliphatic carbocycles. The standard InChI is InChI=1S/C21H23N3O2/c1-14(16-5-2-4-15(10-16)12-25)22-18-7-3-6-17(11-18)21-19-13-26-9-8-20(19)23-24-21/h2-7,10-11,14,22,25H,8-9,12-13H2,1H3,(H,23,24). The Labute approximate surface area is 153 Å². The van der Waals surface area contributed by atoms with Crippen LogP contribution < -0.4 is 5.32 Å². The van der Waals surface area contributed by atoms with Crippen LogP contribution in [-0.2, 0) is 24.4 Å². The van der Waals surface area contributed by atoms with Crippen molar-refractivity contribution in [2.75, 3.05) is 11.9 Å². The zero-order valence-electron chi connectivity index (χ0n) is 14.8. The normalized spacial score (nSPS) is 14.7. The Morgan fingerprint density at radius 2 is 2.12 bits per heavy atom. The van der Waals surface area contributed by atoms with Crippen molar-refractivity contribution in [1.29, 1.82) is 0 Å². The van der Waals surface area contributed by atoms with E-state index in [1.807, 2.05) is 24.3 Å². The summed E-state index contributed by atoms with van der Waals surface area (Å²) >= 11 is 0. The van der Waals surface area contributed by atoms with E-state index in [4.69, 9.17) is 4.74 Å². The van der Waals surface area contributed by atoms with Crippen molar-refractivity contribution < 1.29 is 9.84 Å². The zero-order chi connectivity index (χ0) is 17.9. The molecular formula is C21H23N3O2. The lowest BCUT2D eigenvalue weighted by molar-refractivity contribution is 0.110. The number of aromatic amines is 1. The number of aliphatic hydroxyl groups excluding tert-OH is 1. The zero-order valence-corrected chi connectivity index (χ0v) is 14.8. The maximum absolute atomic E-state index is 9.33. The second-order valence-electron chi connectivity index (χ2n) is 6.68.